The second-order valence-electron chi connectivity index (χ2n) is 4.67. The number of phenols is 1. The quantitative estimate of drug-likeness (QED) is 0.732. The summed E-state index contributed by atoms with van der Waals surface area (Å²) in [6, 6.07) is 10.0. The second kappa shape index (κ2) is 6.50. The normalized spacial score (nSPS) is 10.4. The first-order valence-corrected chi connectivity index (χ1v) is 6.96. The lowest BCUT2D eigenvalue weighted by Gasteiger charge is -2.11. The minimum atomic E-state index is -0.909. The summed E-state index contributed by atoms with van der Waals surface area (Å²) < 4.78 is 0. The predicted octanol–water partition coefficient (Wildman–Crippen LogP) is 3.92. The zero-order valence-corrected chi connectivity index (χ0v) is 12.3. The first-order valence-electron chi connectivity index (χ1n) is 6.58. The van der Waals surface area contributed by atoms with E-state index < -0.39 is 5.97 Å². The molecule has 0 aromatic heterocycles. The van der Waals surface area contributed by atoms with Crippen molar-refractivity contribution in [2.75, 3.05) is 5.32 Å². The molecule has 3 N–H and O–H groups in total. The number of halogens is 1. The van der Waals surface area contributed by atoms with E-state index in [0.717, 1.165) is 16.8 Å². The van der Waals surface area contributed by atoms with Crippen LogP contribution < -0.4 is 5.32 Å². The van der Waals surface area contributed by atoms with Gasteiger partial charge in [0.05, 0.1) is 16.3 Å². The number of anilines is 1. The molecule has 0 saturated heterocycles. The average molecular weight is 306 g/mol. The summed E-state index contributed by atoms with van der Waals surface area (Å²) in [7, 11) is 0. The number of carboxylic acids is 1. The standard InChI is InChI=1S/C16H16ClNO3/c1-2-11-7-10(3-5-13(11)16(20)21)9-18-15-6-4-12(19)8-14(15)17/h3-8,18-19H,2,9H2,1H3,(H,20,21). The van der Waals surface area contributed by atoms with Gasteiger partial charge in [-0.3, -0.25) is 0 Å². The van der Waals surface area contributed by atoms with Crippen molar-refractivity contribution in [2.45, 2.75) is 19.9 Å². The number of carbonyl (C=O) groups is 1. The smallest absolute Gasteiger partial charge is 0.335 e. The Kier molecular flexibility index (Phi) is 4.70. The van der Waals surface area contributed by atoms with Gasteiger partial charge in [-0.15, -0.1) is 0 Å². The van der Waals surface area contributed by atoms with Crippen LogP contribution in [-0.2, 0) is 13.0 Å². The molecule has 5 heteroatoms. The number of hydrogen-bond donors (Lipinski definition) is 3. The van der Waals surface area contributed by atoms with Crippen molar-refractivity contribution in [3.05, 3.63) is 58.1 Å². The summed E-state index contributed by atoms with van der Waals surface area (Å²) in [6.07, 6.45) is 0.662. The van der Waals surface area contributed by atoms with Crippen molar-refractivity contribution in [3.63, 3.8) is 0 Å². The van der Waals surface area contributed by atoms with Crippen LogP contribution in [0.5, 0.6) is 5.75 Å². The number of aromatic hydroxyl groups is 1. The van der Waals surface area contributed by atoms with Gasteiger partial charge in [0.25, 0.3) is 0 Å². The highest BCUT2D eigenvalue weighted by Crippen LogP contribution is 2.26. The van der Waals surface area contributed by atoms with Crippen LogP contribution in [0.25, 0.3) is 0 Å². The van der Waals surface area contributed by atoms with Crippen LogP contribution >= 0.6 is 11.6 Å². The van der Waals surface area contributed by atoms with E-state index in [2.05, 4.69) is 5.32 Å². The van der Waals surface area contributed by atoms with E-state index in [4.69, 9.17) is 16.7 Å². The van der Waals surface area contributed by atoms with Gasteiger partial charge in [-0.05, 0) is 35.7 Å². The van der Waals surface area contributed by atoms with Crippen molar-refractivity contribution in [1.29, 1.82) is 0 Å². The summed E-state index contributed by atoms with van der Waals surface area (Å²) in [6.45, 7) is 2.45. The van der Waals surface area contributed by atoms with E-state index in [1.165, 1.54) is 6.07 Å². The third-order valence-electron chi connectivity index (χ3n) is 3.22. The number of nitrogens with one attached hydrogen (secondary N) is 1. The summed E-state index contributed by atoms with van der Waals surface area (Å²) >= 11 is 6.02. The van der Waals surface area contributed by atoms with Gasteiger partial charge in [0.2, 0.25) is 0 Å². The number of aromatic carboxylic acids is 1. The van der Waals surface area contributed by atoms with E-state index in [9.17, 15) is 9.90 Å². The Morgan fingerprint density at radius 1 is 1.24 bits per heavy atom. The summed E-state index contributed by atoms with van der Waals surface area (Å²) in [5.74, 6) is -0.794. The Balaban J connectivity index is 2.15. The summed E-state index contributed by atoms with van der Waals surface area (Å²) in [4.78, 5) is 11.1. The van der Waals surface area contributed by atoms with Crippen LogP contribution in [0.3, 0.4) is 0 Å². The molecule has 0 aliphatic rings. The lowest BCUT2D eigenvalue weighted by Crippen LogP contribution is -2.05. The topological polar surface area (TPSA) is 69.6 Å². The number of aryl methyl sites for hydroxylation is 1. The van der Waals surface area contributed by atoms with Crippen molar-refractivity contribution >= 4 is 23.3 Å². The molecule has 2 aromatic carbocycles. The minimum Gasteiger partial charge on any atom is -0.508 e. The molecule has 0 atom stereocenters. The molecule has 0 unspecified atom stereocenters. The molecule has 0 radical (unpaired) electrons. The lowest BCUT2D eigenvalue weighted by atomic mass is 10.0. The largest absolute Gasteiger partial charge is 0.508 e. The fourth-order valence-electron chi connectivity index (χ4n) is 2.10. The number of carboxylic acid groups (broad SMARTS) is 1. The fraction of sp³-hybridized carbons (Fsp3) is 0.188. The molecule has 0 bridgehead atoms. The predicted molar refractivity (Wildman–Crippen MR) is 83.2 cm³/mol. The fourth-order valence-corrected chi connectivity index (χ4v) is 2.34. The van der Waals surface area contributed by atoms with Crippen LogP contribution in [0.15, 0.2) is 36.4 Å². The maximum Gasteiger partial charge on any atom is 0.335 e. The first kappa shape index (κ1) is 15.2. The zero-order chi connectivity index (χ0) is 15.4. The molecule has 110 valence electrons. The Morgan fingerprint density at radius 3 is 2.62 bits per heavy atom. The van der Waals surface area contributed by atoms with E-state index in [-0.39, 0.29) is 5.75 Å². The second-order valence-corrected chi connectivity index (χ2v) is 5.08. The zero-order valence-electron chi connectivity index (χ0n) is 11.6. The molecule has 0 amide bonds. The molecule has 0 aliphatic carbocycles. The van der Waals surface area contributed by atoms with Gasteiger partial charge >= 0.3 is 5.97 Å². The van der Waals surface area contributed by atoms with Crippen LogP contribution in [0.1, 0.15) is 28.4 Å². The molecule has 0 fully saturated rings. The summed E-state index contributed by atoms with van der Waals surface area (Å²) in [5.41, 5.74) is 2.83. The number of rotatable bonds is 5. The van der Waals surface area contributed by atoms with Gasteiger partial charge in [0.15, 0.2) is 0 Å². The third-order valence-corrected chi connectivity index (χ3v) is 3.53. The number of benzene rings is 2. The Hall–Kier alpha value is -2.20. The van der Waals surface area contributed by atoms with E-state index in [1.54, 1.807) is 24.3 Å². The highest BCUT2D eigenvalue weighted by Gasteiger charge is 2.09. The first-order chi connectivity index (χ1) is 10.0. The SMILES string of the molecule is CCc1cc(CNc2ccc(O)cc2Cl)ccc1C(=O)O. The monoisotopic (exact) mass is 305 g/mol. The number of phenolic OH excluding ortho intramolecular Hbond substituents is 1. The van der Waals surface area contributed by atoms with Crippen LogP contribution in [0, 0.1) is 0 Å². The molecular weight excluding hydrogens is 290 g/mol. The average Bonchev–Trinajstić information content (AvgIpc) is 2.45. The van der Waals surface area contributed by atoms with Gasteiger partial charge in [-0.2, -0.15) is 0 Å². The van der Waals surface area contributed by atoms with E-state index >= 15 is 0 Å². The third kappa shape index (κ3) is 3.67. The van der Waals surface area contributed by atoms with Gasteiger partial charge in [-0.1, -0.05) is 30.7 Å². The van der Waals surface area contributed by atoms with Gasteiger partial charge in [0, 0.05) is 12.6 Å². The molecule has 2 rings (SSSR count). The van der Waals surface area contributed by atoms with Gasteiger partial charge < -0.3 is 15.5 Å². The number of hydrogen-bond acceptors (Lipinski definition) is 3. The van der Waals surface area contributed by atoms with E-state index in [0.29, 0.717) is 23.6 Å². The highest BCUT2D eigenvalue weighted by molar-refractivity contribution is 6.33. The minimum absolute atomic E-state index is 0.115. The maximum atomic E-state index is 11.1. The van der Waals surface area contributed by atoms with Crippen molar-refractivity contribution in [2.24, 2.45) is 0 Å². The molecular formula is C16H16ClNO3. The van der Waals surface area contributed by atoms with Crippen molar-refractivity contribution < 1.29 is 15.0 Å². The molecule has 0 heterocycles. The molecule has 2 aromatic rings. The van der Waals surface area contributed by atoms with Crippen molar-refractivity contribution in [1.82, 2.24) is 0 Å². The van der Waals surface area contributed by atoms with Crippen LogP contribution in [0.4, 0.5) is 5.69 Å². The molecule has 21 heavy (non-hydrogen) atoms. The van der Waals surface area contributed by atoms with Crippen molar-refractivity contribution in [3.8, 4) is 5.75 Å². The molecule has 4 nitrogen and oxygen atoms in total. The Bertz CT molecular complexity index is 671. The van der Waals surface area contributed by atoms with Crippen LogP contribution in [-0.4, -0.2) is 16.2 Å². The maximum absolute atomic E-state index is 11.1. The Morgan fingerprint density at radius 2 is 2.00 bits per heavy atom. The van der Waals surface area contributed by atoms with Crippen LogP contribution in [0.2, 0.25) is 5.02 Å². The molecule has 0 aliphatic heterocycles. The van der Waals surface area contributed by atoms with E-state index in [1.807, 2.05) is 13.0 Å². The Labute approximate surface area is 128 Å². The van der Waals surface area contributed by atoms with Gasteiger partial charge in [0.1, 0.15) is 5.75 Å². The molecule has 0 saturated carbocycles. The highest BCUT2D eigenvalue weighted by atomic mass is 35.5. The lowest BCUT2D eigenvalue weighted by molar-refractivity contribution is 0.0695. The van der Waals surface area contributed by atoms with Gasteiger partial charge in [-0.25, -0.2) is 4.79 Å². The molecule has 0 spiro atoms. The summed E-state index contributed by atoms with van der Waals surface area (Å²) in [5, 5.41) is 22.0.